The highest BCUT2D eigenvalue weighted by molar-refractivity contribution is 5.25. The Morgan fingerprint density at radius 3 is 2.81 bits per heavy atom. The van der Waals surface area contributed by atoms with Gasteiger partial charge in [-0.25, -0.2) is 9.97 Å². The van der Waals surface area contributed by atoms with E-state index in [4.69, 9.17) is 4.98 Å². The molecule has 0 aliphatic carbocycles. The van der Waals surface area contributed by atoms with Crippen LogP contribution in [0.2, 0.25) is 0 Å². The fourth-order valence-electron chi connectivity index (χ4n) is 2.98. The van der Waals surface area contributed by atoms with Crippen LogP contribution < -0.4 is 0 Å². The van der Waals surface area contributed by atoms with Crippen molar-refractivity contribution in [3.05, 3.63) is 46.3 Å². The molecule has 1 aliphatic rings. The summed E-state index contributed by atoms with van der Waals surface area (Å²) in [5.74, 6) is 1.37. The summed E-state index contributed by atoms with van der Waals surface area (Å²) in [5, 5.41) is 0. The van der Waals surface area contributed by atoms with Crippen LogP contribution in [0.5, 0.6) is 0 Å². The lowest BCUT2D eigenvalue weighted by atomic mass is 10.1. The summed E-state index contributed by atoms with van der Waals surface area (Å²) < 4.78 is 0. The van der Waals surface area contributed by atoms with Crippen LogP contribution in [-0.2, 0) is 19.5 Å². The second-order valence-electron chi connectivity index (χ2n) is 6.43. The molecule has 0 saturated carbocycles. The van der Waals surface area contributed by atoms with Crippen LogP contribution in [-0.4, -0.2) is 26.4 Å². The van der Waals surface area contributed by atoms with Crippen molar-refractivity contribution >= 4 is 0 Å². The number of nitrogens with one attached hydrogen (secondary N) is 1. The summed E-state index contributed by atoms with van der Waals surface area (Å²) in [7, 11) is 0. The lowest BCUT2D eigenvalue weighted by Crippen LogP contribution is -2.31. The quantitative estimate of drug-likeness (QED) is 0.942. The molecule has 0 spiro atoms. The number of nitrogens with zero attached hydrogens (tertiary/aromatic N) is 3. The molecule has 0 saturated heterocycles. The highest BCUT2D eigenvalue weighted by atomic mass is 15.1. The molecule has 0 amide bonds. The van der Waals surface area contributed by atoms with Crippen molar-refractivity contribution in [1.29, 1.82) is 0 Å². The van der Waals surface area contributed by atoms with E-state index in [0.29, 0.717) is 5.92 Å². The van der Waals surface area contributed by atoms with Gasteiger partial charge >= 0.3 is 0 Å². The molecule has 2 aromatic heterocycles. The van der Waals surface area contributed by atoms with Gasteiger partial charge in [0.2, 0.25) is 0 Å². The molecule has 0 bridgehead atoms. The molecule has 3 heterocycles. The van der Waals surface area contributed by atoms with Gasteiger partial charge in [-0.05, 0) is 25.5 Å². The van der Waals surface area contributed by atoms with Crippen molar-refractivity contribution in [1.82, 2.24) is 19.9 Å². The minimum atomic E-state index is 0.401. The SMILES string of the molecule is Cc1cc(C)c(CN2CCc3nc(C(C)C)ncc3C2)[nH]1. The zero-order chi connectivity index (χ0) is 15.0. The van der Waals surface area contributed by atoms with Crippen LogP contribution in [0.1, 0.15) is 53.8 Å². The van der Waals surface area contributed by atoms with E-state index in [1.165, 1.54) is 28.2 Å². The second kappa shape index (κ2) is 5.60. The van der Waals surface area contributed by atoms with E-state index in [-0.39, 0.29) is 0 Å². The third kappa shape index (κ3) is 3.00. The zero-order valence-corrected chi connectivity index (χ0v) is 13.4. The number of H-pyrrole nitrogens is 1. The van der Waals surface area contributed by atoms with E-state index in [9.17, 15) is 0 Å². The van der Waals surface area contributed by atoms with Crippen LogP contribution in [0.3, 0.4) is 0 Å². The number of fused-ring (bicyclic) bond motifs is 1. The number of hydrogen-bond acceptors (Lipinski definition) is 3. The number of aromatic amines is 1. The molecule has 0 fully saturated rings. The van der Waals surface area contributed by atoms with Crippen molar-refractivity contribution in [3.63, 3.8) is 0 Å². The van der Waals surface area contributed by atoms with E-state index in [2.05, 4.69) is 48.6 Å². The maximum absolute atomic E-state index is 4.73. The van der Waals surface area contributed by atoms with Crippen LogP contribution in [0.25, 0.3) is 0 Å². The van der Waals surface area contributed by atoms with Crippen LogP contribution in [0.15, 0.2) is 12.3 Å². The summed E-state index contributed by atoms with van der Waals surface area (Å²) in [5.41, 5.74) is 6.45. The van der Waals surface area contributed by atoms with Gasteiger partial charge < -0.3 is 4.98 Å². The maximum Gasteiger partial charge on any atom is 0.131 e. The molecular formula is C17H24N4. The molecule has 1 N–H and O–H groups in total. The molecule has 4 heteroatoms. The van der Waals surface area contributed by atoms with E-state index in [1.807, 2.05) is 6.20 Å². The predicted molar refractivity (Wildman–Crippen MR) is 84.2 cm³/mol. The molecular weight excluding hydrogens is 260 g/mol. The molecule has 4 nitrogen and oxygen atoms in total. The summed E-state index contributed by atoms with van der Waals surface area (Å²) >= 11 is 0. The topological polar surface area (TPSA) is 44.8 Å². The fraction of sp³-hybridized carbons (Fsp3) is 0.529. The summed E-state index contributed by atoms with van der Waals surface area (Å²) in [6, 6.07) is 2.21. The minimum Gasteiger partial charge on any atom is -0.361 e. The Labute approximate surface area is 126 Å². The van der Waals surface area contributed by atoms with E-state index in [1.54, 1.807) is 0 Å². The van der Waals surface area contributed by atoms with Crippen molar-refractivity contribution in [2.75, 3.05) is 6.54 Å². The third-order valence-corrected chi connectivity index (χ3v) is 4.19. The molecule has 0 atom stereocenters. The maximum atomic E-state index is 4.73. The predicted octanol–water partition coefficient (Wildman–Crippen LogP) is 3.10. The summed E-state index contributed by atoms with van der Waals surface area (Å²) in [6.45, 7) is 11.6. The van der Waals surface area contributed by atoms with Gasteiger partial charge in [-0.3, -0.25) is 4.90 Å². The van der Waals surface area contributed by atoms with Crippen molar-refractivity contribution < 1.29 is 0 Å². The molecule has 21 heavy (non-hydrogen) atoms. The Balaban J connectivity index is 1.74. The lowest BCUT2D eigenvalue weighted by molar-refractivity contribution is 0.239. The molecule has 1 aliphatic heterocycles. The van der Waals surface area contributed by atoms with E-state index in [0.717, 1.165) is 31.9 Å². The van der Waals surface area contributed by atoms with E-state index < -0.39 is 0 Å². The van der Waals surface area contributed by atoms with Gasteiger partial charge in [0.15, 0.2) is 0 Å². The highest BCUT2D eigenvalue weighted by Gasteiger charge is 2.20. The first-order valence-corrected chi connectivity index (χ1v) is 7.75. The first-order valence-electron chi connectivity index (χ1n) is 7.75. The molecule has 3 rings (SSSR count). The standard InChI is InChI=1S/C17H24N4/c1-11(2)17-18-8-14-9-21(6-5-15(14)20-17)10-16-12(3)7-13(4)19-16/h7-8,11,19H,5-6,9-10H2,1-4H3. The third-order valence-electron chi connectivity index (χ3n) is 4.19. The summed E-state index contributed by atoms with van der Waals surface area (Å²) in [6.07, 6.45) is 3.05. The second-order valence-corrected chi connectivity index (χ2v) is 6.43. The Hall–Kier alpha value is -1.68. The van der Waals surface area contributed by atoms with Gasteiger partial charge in [0, 0.05) is 60.8 Å². The first-order chi connectivity index (χ1) is 10.0. The van der Waals surface area contributed by atoms with Crippen molar-refractivity contribution in [3.8, 4) is 0 Å². The number of aromatic nitrogens is 3. The van der Waals surface area contributed by atoms with Crippen LogP contribution in [0.4, 0.5) is 0 Å². The Bertz CT molecular complexity index is 642. The number of hydrogen-bond donors (Lipinski definition) is 1. The van der Waals surface area contributed by atoms with Gasteiger partial charge in [-0.1, -0.05) is 13.8 Å². The first kappa shape index (κ1) is 14.3. The highest BCUT2D eigenvalue weighted by Crippen LogP contribution is 2.21. The molecule has 0 aromatic carbocycles. The minimum absolute atomic E-state index is 0.401. The van der Waals surface area contributed by atoms with Gasteiger partial charge in [-0.15, -0.1) is 0 Å². The Kier molecular flexibility index (Phi) is 3.81. The van der Waals surface area contributed by atoms with Crippen LogP contribution in [0, 0.1) is 13.8 Å². The average molecular weight is 284 g/mol. The van der Waals surface area contributed by atoms with Crippen molar-refractivity contribution in [2.45, 2.75) is 53.1 Å². The molecule has 112 valence electrons. The fourth-order valence-corrected chi connectivity index (χ4v) is 2.98. The molecule has 2 aromatic rings. The Morgan fingerprint density at radius 2 is 2.14 bits per heavy atom. The molecule has 0 unspecified atom stereocenters. The van der Waals surface area contributed by atoms with Gasteiger partial charge in [-0.2, -0.15) is 0 Å². The number of rotatable bonds is 3. The normalized spacial score (nSPS) is 15.5. The number of aryl methyl sites for hydroxylation is 2. The monoisotopic (exact) mass is 284 g/mol. The largest absolute Gasteiger partial charge is 0.361 e. The van der Waals surface area contributed by atoms with Crippen molar-refractivity contribution in [2.24, 2.45) is 0 Å². The van der Waals surface area contributed by atoms with Gasteiger partial charge in [0.25, 0.3) is 0 Å². The smallest absolute Gasteiger partial charge is 0.131 e. The summed E-state index contributed by atoms with van der Waals surface area (Å²) in [4.78, 5) is 15.2. The van der Waals surface area contributed by atoms with Gasteiger partial charge in [0.1, 0.15) is 5.82 Å². The van der Waals surface area contributed by atoms with Crippen LogP contribution >= 0.6 is 0 Å². The Morgan fingerprint density at radius 1 is 1.33 bits per heavy atom. The van der Waals surface area contributed by atoms with E-state index >= 15 is 0 Å². The lowest BCUT2D eigenvalue weighted by Gasteiger charge is -2.28. The average Bonchev–Trinajstić information content (AvgIpc) is 2.76. The zero-order valence-electron chi connectivity index (χ0n) is 13.4. The van der Waals surface area contributed by atoms with Gasteiger partial charge in [0.05, 0.1) is 0 Å². The molecule has 0 radical (unpaired) electrons.